The Hall–Kier alpha value is -0.890. The lowest BCUT2D eigenvalue weighted by Crippen LogP contribution is -2.43. The van der Waals surface area contributed by atoms with Crippen LogP contribution in [0.2, 0.25) is 0 Å². The van der Waals surface area contributed by atoms with E-state index in [4.69, 9.17) is 0 Å². The van der Waals surface area contributed by atoms with Gasteiger partial charge in [-0.1, -0.05) is 12.1 Å². The molecule has 1 aliphatic heterocycles. The minimum Gasteiger partial charge on any atom is -0.356 e. The number of nitrogens with zero attached hydrogens (tertiary/aromatic N) is 2. The minimum absolute atomic E-state index is 0. The van der Waals surface area contributed by atoms with Crippen molar-refractivity contribution >= 4 is 29.9 Å². The molecular formula is C16H26FIN4. The molecule has 1 saturated heterocycles. The molecule has 22 heavy (non-hydrogen) atoms. The molecule has 0 saturated carbocycles. The first-order valence-corrected chi connectivity index (χ1v) is 7.55. The second-order valence-corrected chi connectivity index (χ2v) is 5.71. The van der Waals surface area contributed by atoms with Gasteiger partial charge in [-0.25, -0.2) is 4.39 Å². The molecule has 1 fully saturated rings. The number of piperidine rings is 1. The van der Waals surface area contributed by atoms with Crippen LogP contribution in [0.15, 0.2) is 29.3 Å². The Morgan fingerprint density at radius 3 is 2.91 bits per heavy atom. The van der Waals surface area contributed by atoms with E-state index in [0.717, 1.165) is 24.6 Å². The zero-order valence-electron chi connectivity index (χ0n) is 13.3. The lowest BCUT2D eigenvalue weighted by molar-refractivity contribution is 0.210. The van der Waals surface area contributed by atoms with Crippen LogP contribution in [0.3, 0.4) is 0 Å². The molecule has 1 heterocycles. The molecule has 6 heteroatoms. The molecule has 1 unspecified atom stereocenters. The number of hydrogen-bond acceptors (Lipinski definition) is 2. The highest BCUT2D eigenvalue weighted by Crippen LogP contribution is 2.13. The van der Waals surface area contributed by atoms with E-state index >= 15 is 0 Å². The van der Waals surface area contributed by atoms with Gasteiger partial charge in [-0.2, -0.15) is 0 Å². The van der Waals surface area contributed by atoms with Crippen LogP contribution >= 0.6 is 24.0 Å². The van der Waals surface area contributed by atoms with Gasteiger partial charge in [-0.15, -0.1) is 24.0 Å². The van der Waals surface area contributed by atoms with E-state index < -0.39 is 0 Å². The van der Waals surface area contributed by atoms with Crippen LogP contribution in [0.5, 0.6) is 0 Å². The maximum absolute atomic E-state index is 13.1. The van der Waals surface area contributed by atoms with E-state index in [2.05, 4.69) is 27.6 Å². The fraction of sp³-hybridized carbons (Fsp3) is 0.562. The van der Waals surface area contributed by atoms with Gasteiger partial charge >= 0.3 is 0 Å². The highest BCUT2D eigenvalue weighted by atomic mass is 127. The standard InChI is InChI=1S/C16H25FN4.HI/c1-18-16(19-10-13-5-3-7-15(17)9-13)20-11-14-6-4-8-21(2)12-14;/h3,5,7,9,14H,4,6,8,10-12H2,1-2H3,(H2,18,19,20);1H. The molecule has 0 radical (unpaired) electrons. The Morgan fingerprint density at radius 2 is 2.23 bits per heavy atom. The predicted octanol–water partition coefficient (Wildman–Crippen LogP) is 2.45. The first kappa shape index (κ1) is 19.2. The Kier molecular flexibility index (Phi) is 8.70. The quantitative estimate of drug-likeness (QED) is 0.447. The van der Waals surface area contributed by atoms with Crippen molar-refractivity contribution in [3.05, 3.63) is 35.6 Å². The number of benzene rings is 1. The van der Waals surface area contributed by atoms with Gasteiger partial charge in [0.15, 0.2) is 5.96 Å². The maximum atomic E-state index is 13.1. The second kappa shape index (κ2) is 9.99. The summed E-state index contributed by atoms with van der Waals surface area (Å²) in [5.41, 5.74) is 0.912. The summed E-state index contributed by atoms with van der Waals surface area (Å²) in [4.78, 5) is 6.59. The van der Waals surface area contributed by atoms with Crippen LogP contribution in [-0.2, 0) is 6.54 Å². The molecule has 0 spiro atoms. The van der Waals surface area contributed by atoms with Gasteiger partial charge in [0, 0.05) is 26.7 Å². The summed E-state index contributed by atoms with van der Waals surface area (Å²) in [6.07, 6.45) is 2.52. The fourth-order valence-corrected chi connectivity index (χ4v) is 2.73. The monoisotopic (exact) mass is 420 g/mol. The van der Waals surface area contributed by atoms with Crippen LogP contribution in [-0.4, -0.2) is 44.6 Å². The Balaban J connectivity index is 0.00000242. The lowest BCUT2D eigenvalue weighted by Gasteiger charge is -2.30. The van der Waals surface area contributed by atoms with Gasteiger partial charge in [-0.05, 0) is 50.0 Å². The first-order valence-electron chi connectivity index (χ1n) is 7.55. The molecule has 0 bridgehead atoms. The van der Waals surface area contributed by atoms with E-state index in [-0.39, 0.29) is 29.8 Å². The van der Waals surface area contributed by atoms with Gasteiger partial charge in [0.05, 0.1) is 0 Å². The normalized spacial score (nSPS) is 19.4. The Labute approximate surface area is 149 Å². The number of guanidine groups is 1. The number of nitrogens with one attached hydrogen (secondary N) is 2. The highest BCUT2D eigenvalue weighted by Gasteiger charge is 2.17. The van der Waals surface area contributed by atoms with Crippen LogP contribution in [0.4, 0.5) is 4.39 Å². The van der Waals surface area contributed by atoms with Crippen molar-refractivity contribution in [3.63, 3.8) is 0 Å². The average molecular weight is 420 g/mol. The second-order valence-electron chi connectivity index (χ2n) is 5.71. The third-order valence-electron chi connectivity index (χ3n) is 3.85. The molecular weight excluding hydrogens is 394 g/mol. The first-order chi connectivity index (χ1) is 10.2. The SMILES string of the molecule is CN=C(NCc1cccc(F)c1)NCC1CCCN(C)C1.I. The molecule has 1 aliphatic rings. The third kappa shape index (κ3) is 6.48. The largest absolute Gasteiger partial charge is 0.356 e. The van der Waals surface area contributed by atoms with Crippen molar-refractivity contribution in [2.75, 3.05) is 33.7 Å². The van der Waals surface area contributed by atoms with E-state index in [9.17, 15) is 4.39 Å². The maximum Gasteiger partial charge on any atom is 0.191 e. The molecule has 2 rings (SSSR count). The van der Waals surface area contributed by atoms with Crippen molar-refractivity contribution in [3.8, 4) is 0 Å². The number of likely N-dealkylation sites (tertiary alicyclic amines) is 1. The average Bonchev–Trinajstić information content (AvgIpc) is 2.47. The van der Waals surface area contributed by atoms with E-state index in [1.807, 2.05) is 6.07 Å². The summed E-state index contributed by atoms with van der Waals surface area (Å²) >= 11 is 0. The zero-order chi connectivity index (χ0) is 15.1. The highest BCUT2D eigenvalue weighted by molar-refractivity contribution is 14.0. The predicted molar refractivity (Wildman–Crippen MR) is 100 cm³/mol. The molecule has 4 nitrogen and oxygen atoms in total. The van der Waals surface area contributed by atoms with Crippen molar-refractivity contribution in [2.45, 2.75) is 19.4 Å². The fourth-order valence-electron chi connectivity index (χ4n) is 2.73. The topological polar surface area (TPSA) is 39.7 Å². The van der Waals surface area contributed by atoms with Crippen LogP contribution in [0, 0.1) is 11.7 Å². The van der Waals surface area contributed by atoms with Crippen LogP contribution < -0.4 is 10.6 Å². The Morgan fingerprint density at radius 1 is 1.41 bits per heavy atom. The van der Waals surface area contributed by atoms with Gasteiger partial charge in [0.25, 0.3) is 0 Å². The molecule has 0 amide bonds. The summed E-state index contributed by atoms with van der Waals surface area (Å²) in [5, 5.41) is 6.59. The van der Waals surface area contributed by atoms with Crippen molar-refractivity contribution in [2.24, 2.45) is 10.9 Å². The molecule has 0 aliphatic carbocycles. The van der Waals surface area contributed by atoms with E-state index in [0.29, 0.717) is 12.5 Å². The van der Waals surface area contributed by atoms with E-state index in [1.54, 1.807) is 13.1 Å². The van der Waals surface area contributed by atoms with Crippen molar-refractivity contribution in [1.82, 2.24) is 15.5 Å². The summed E-state index contributed by atoms with van der Waals surface area (Å²) in [6.45, 7) is 3.83. The van der Waals surface area contributed by atoms with E-state index in [1.165, 1.54) is 31.5 Å². The number of hydrogen-bond donors (Lipinski definition) is 2. The minimum atomic E-state index is -0.206. The van der Waals surface area contributed by atoms with Crippen LogP contribution in [0.1, 0.15) is 18.4 Å². The van der Waals surface area contributed by atoms with Crippen molar-refractivity contribution in [1.29, 1.82) is 0 Å². The summed E-state index contributed by atoms with van der Waals surface area (Å²) in [6, 6.07) is 6.62. The third-order valence-corrected chi connectivity index (χ3v) is 3.85. The number of halogens is 2. The van der Waals surface area contributed by atoms with Gasteiger partial charge in [0.1, 0.15) is 5.82 Å². The summed E-state index contributed by atoms with van der Waals surface area (Å²) < 4.78 is 13.1. The van der Waals surface area contributed by atoms with Gasteiger partial charge in [0.2, 0.25) is 0 Å². The summed E-state index contributed by atoms with van der Waals surface area (Å²) in [7, 11) is 3.93. The molecule has 0 aromatic heterocycles. The number of aliphatic imine (C=N–C) groups is 1. The molecule has 1 aromatic rings. The van der Waals surface area contributed by atoms with Crippen LogP contribution in [0.25, 0.3) is 0 Å². The molecule has 2 N–H and O–H groups in total. The lowest BCUT2D eigenvalue weighted by atomic mass is 9.99. The van der Waals surface area contributed by atoms with Gasteiger partial charge < -0.3 is 15.5 Å². The van der Waals surface area contributed by atoms with Crippen molar-refractivity contribution < 1.29 is 4.39 Å². The smallest absolute Gasteiger partial charge is 0.191 e. The molecule has 1 atom stereocenters. The molecule has 1 aromatic carbocycles. The number of rotatable bonds is 4. The molecule has 124 valence electrons. The summed E-state index contributed by atoms with van der Waals surface area (Å²) in [5.74, 6) is 1.23. The zero-order valence-corrected chi connectivity index (χ0v) is 15.6. The Bertz CT molecular complexity index is 481. The van der Waals surface area contributed by atoms with Gasteiger partial charge in [-0.3, -0.25) is 4.99 Å².